The molecule has 110 valence electrons. The Bertz CT molecular complexity index is 853. The van der Waals surface area contributed by atoms with Crippen LogP contribution < -0.4 is 5.32 Å². The second-order valence-electron chi connectivity index (χ2n) is 4.84. The van der Waals surface area contributed by atoms with Gasteiger partial charge in [0, 0.05) is 17.5 Å². The second kappa shape index (κ2) is 5.07. The molecule has 2 aromatic carbocycles. The molecule has 1 amide bonds. The van der Waals surface area contributed by atoms with E-state index < -0.39 is 23.6 Å². The number of hydrogen-bond donors (Lipinski definition) is 1. The van der Waals surface area contributed by atoms with Gasteiger partial charge in [0.1, 0.15) is 0 Å². The van der Waals surface area contributed by atoms with E-state index in [1.54, 1.807) is 31.2 Å². The largest absolute Gasteiger partial charge is 0.386 e. The summed E-state index contributed by atoms with van der Waals surface area (Å²) in [6, 6.07) is 7.95. The number of benzene rings is 2. The monoisotopic (exact) mass is 297 g/mol. The number of ether oxygens (including phenoxy) is 1. The summed E-state index contributed by atoms with van der Waals surface area (Å²) in [5, 5.41) is 3.55. The lowest BCUT2D eigenvalue weighted by Gasteiger charge is -2.16. The Balaban J connectivity index is 2.14. The first-order valence-corrected chi connectivity index (χ1v) is 6.68. The van der Waals surface area contributed by atoms with Crippen LogP contribution in [0, 0.1) is 0 Å². The molecule has 1 aliphatic rings. The van der Waals surface area contributed by atoms with Crippen LogP contribution in [0.4, 0.5) is 5.69 Å². The number of carbonyl (C=O) groups excluding carboxylic acids is 4. The van der Waals surface area contributed by atoms with Crippen LogP contribution in [-0.2, 0) is 14.3 Å². The molecule has 6 heteroatoms. The Morgan fingerprint density at radius 1 is 1.09 bits per heavy atom. The highest BCUT2D eigenvalue weighted by atomic mass is 16.6. The van der Waals surface area contributed by atoms with E-state index in [4.69, 9.17) is 0 Å². The summed E-state index contributed by atoms with van der Waals surface area (Å²) < 4.78 is 4.67. The second-order valence-corrected chi connectivity index (χ2v) is 4.84. The lowest BCUT2D eigenvalue weighted by atomic mass is 9.96. The van der Waals surface area contributed by atoms with Gasteiger partial charge in [0.25, 0.3) is 5.91 Å². The number of rotatable bonds is 3. The Morgan fingerprint density at radius 3 is 2.55 bits per heavy atom. The van der Waals surface area contributed by atoms with Crippen LogP contribution in [0.25, 0.3) is 10.8 Å². The smallest absolute Gasteiger partial charge is 0.346 e. The van der Waals surface area contributed by atoms with E-state index in [9.17, 15) is 19.2 Å². The van der Waals surface area contributed by atoms with Crippen LogP contribution in [0.2, 0.25) is 0 Å². The van der Waals surface area contributed by atoms with Crippen molar-refractivity contribution in [3.63, 3.8) is 0 Å². The summed E-state index contributed by atoms with van der Waals surface area (Å²) in [7, 11) is 0. The minimum absolute atomic E-state index is 0.0902. The van der Waals surface area contributed by atoms with Crippen LogP contribution in [0.3, 0.4) is 0 Å². The fourth-order valence-electron chi connectivity index (χ4n) is 2.39. The van der Waals surface area contributed by atoms with Crippen molar-refractivity contribution in [2.75, 3.05) is 5.32 Å². The first-order chi connectivity index (χ1) is 10.5. The van der Waals surface area contributed by atoms with Crippen molar-refractivity contribution in [1.29, 1.82) is 0 Å². The predicted octanol–water partition coefficient (Wildman–Crippen LogP) is 2.07. The Kier molecular flexibility index (Phi) is 3.21. The Morgan fingerprint density at radius 2 is 1.82 bits per heavy atom. The highest BCUT2D eigenvalue weighted by Gasteiger charge is 2.27. The van der Waals surface area contributed by atoms with Gasteiger partial charge >= 0.3 is 11.9 Å². The van der Waals surface area contributed by atoms with Crippen molar-refractivity contribution in [3.8, 4) is 0 Å². The molecule has 0 aromatic heterocycles. The zero-order valence-electron chi connectivity index (χ0n) is 11.6. The summed E-state index contributed by atoms with van der Waals surface area (Å²) in [6.07, 6.45) is 0.0902. The van der Waals surface area contributed by atoms with E-state index in [2.05, 4.69) is 10.1 Å². The van der Waals surface area contributed by atoms with E-state index in [1.165, 1.54) is 6.07 Å². The fraction of sp³-hybridized carbons (Fsp3) is 0.125. The highest BCUT2D eigenvalue weighted by molar-refractivity contribution is 6.40. The lowest BCUT2D eigenvalue weighted by Crippen LogP contribution is -2.23. The third kappa shape index (κ3) is 2.14. The average molecular weight is 297 g/mol. The van der Waals surface area contributed by atoms with Crippen molar-refractivity contribution in [1.82, 2.24) is 0 Å². The van der Waals surface area contributed by atoms with Crippen molar-refractivity contribution in [3.05, 3.63) is 41.5 Å². The standard InChI is InChI=1S/C16H11NO5/c1-2-12(18)14(19)17-9-6-8-4-3-5-10-13(8)11(7-9)16(21)22-15(10)20/h3-7H,2H2,1H3,(H,17,19). The molecular formula is C16H11NO5. The van der Waals surface area contributed by atoms with E-state index in [-0.39, 0.29) is 12.0 Å². The van der Waals surface area contributed by atoms with E-state index in [1.807, 2.05) is 0 Å². The maximum absolute atomic E-state index is 11.9. The molecule has 6 nitrogen and oxygen atoms in total. The quantitative estimate of drug-likeness (QED) is 0.532. The number of nitrogens with one attached hydrogen (secondary N) is 1. The zero-order chi connectivity index (χ0) is 15.9. The molecule has 0 unspecified atom stereocenters. The molecule has 0 aliphatic carbocycles. The first-order valence-electron chi connectivity index (χ1n) is 6.68. The van der Waals surface area contributed by atoms with Gasteiger partial charge in [-0.1, -0.05) is 19.1 Å². The zero-order valence-corrected chi connectivity index (χ0v) is 11.6. The third-order valence-corrected chi connectivity index (χ3v) is 3.43. The molecule has 0 fully saturated rings. The number of amides is 1. The number of ketones is 1. The number of Topliss-reactive ketones (excluding diaryl/α,β-unsaturated/α-hetero) is 1. The minimum atomic E-state index is -0.772. The topological polar surface area (TPSA) is 89.5 Å². The molecule has 0 saturated heterocycles. The summed E-state index contributed by atoms with van der Waals surface area (Å²) in [5.74, 6) is -2.77. The maximum atomic E-state index is 11.9. The molecule has 0 spiro atoms. The Hall–Kier alpha value is -3.02. The summed E-state index contributed by atoms with van der Waals surface area (Å²) in [4.78, 5) is 46.6. The number of hydrogen-bond acceptors (Lipinski definition) is 5. The van der Waals surface area contributed by atoms with Gasteiger partial charge in [0.05, 0.1) is 11.1 Å². The third-order valence-electron chi connectivity index (χ3n) is 3.43. The Labute approximate surface area is 125 Å². The fourth-order valence-corrected chi connectivity index (χ4v) is 2.39. The molecule has 0 atom stereocenters. The number of carbonyl (C=O) groups is 4. The normalized spacial score (nSPS) is 13.0. The highest BCUT2D eigenvalue weighted by Crippen LogP contribution is 2.31. The molecule has 2 aromatic rings. The minimum Gasteiger partial charge on any atom is -0.386 e. The van der Waals surface area contributed by atoms with Crippen LogP contribution >= 0.6 is 0 Å². The summed E-state index contributed by atoms with van der Waals surface area (Å²) >= 11 is 0. The van der Waals surface area contributed by atoms with Crippen molar-refractivity contribution in [2.45, 2.75) is 13.3 Å². The summed E-state index contributed by atoms with van der Waals surface area (Å²) in [5.41, 5.74) is 0.791. The van der Waals surface area contributed by atoms with Gasteiger partial charge < -0.3 is 10.1 Å². The molecule has 0 saturated carbocycles. The molecule has 0 radical (unpaired) electrons. The molecule has 1 N–H and O–H groups in total. The molecule has 1 aliphatic heterocycles. The summed E-state index contributed by atoms with van der Waals surface area (Å²) in [6.45, 7) is 1.58. The van der Waals surface area contributed by atoms with E-state index in [0.29, 0.717) is 22.0 Å². The average Bonchev–Trinajstić information content (AvgIpc) is 2.51. The van der Waals surface area contributed by atoms with Gasteiger partial charge in [0.2, 0.25) is 5.78 Å². The van der Waals surface area contributed by atoms with Gasteiger partial charge in [0.15, 0.2) is 0 Å². The molecule has 0 bridgehead atoms. The van der Waals surface area contributed by atoms with E-state index >= 15 is 0 Å². The maximum Gasteiger partial charge on any atom is 0.346 e. The van der Waals surface area contributed by atoms with Crippen LogP contribution in [-0.4, -0.2) is 23.6 Å². The van der Waals surface area contributed by atoms with Gasteiger partial charge in [-0.15, -0.1) is 0 Å². The lowest BCUT2D eigenvalue weighted by molar-refractivity contribution is -0.134. The van der Waals surface area contributed by atoms with Crippen LogP contribution in [0.1, 0.15) is 34.1 Å². The van der Waals surface area contributed by atoms with Crippen molar-refractivity contribution >= 4 is 40.1 Å². The number of anilines is 1. The molecule has 1 heterocycles. The van der Waals surface area contributed by atoms with Crippen molar-refractivity contribution in [2.24, 2.45) is 0 Å². The van der Waals surface area contributed by atoms with Gasteiger partial charge in [-0.3, -0.25) is 9.59 Å². The number of esters is 2. The molecule has 22 heavy (non-hydrogen) atoms. The van der Waals surface area contributed by atoms with Gasteiger partial charge in [-0.05, 0) is 23.6 Å². The van der Waals surface area contributed by atoms with Crippen LogP contribution in [0.5, 0.6) is 0 Å². The number of cyclic esters (lactones) is 2. The first kappa shape index (κ1) is 13.9. The van der Waals surface area contributed by atoms with Crippen LogP contribution in [0.15, 0.2) is 30.3 Å². The predicted molar refractivity (Wildman–Crippen MR) is 77.6 cm³/mol. The van der Waals surface area contributed by atoms with Crippen molar-refractivity contribution < 1.29 is 23.9 Å². The molecule has 3 rings (SSSR count). The van der Waals surface area contributed by atoms with Gasteiger partial charge in [-0.2, -0.15) is 0 Å². The SMILES string of the molecule is CCC(=O)C(=O)Nc1cc2c3c(cccc3c1)C(=O)OC2=O. The van der Waals surface area contributed by atoms with Gasteiger partial charge in [-0.25, -0.2) is 9.59 Å². The molecular weight excluding hydrogens is 286 g/mol. The van der Waals surface area contributed by atoms with E-state index in [0.717, 1.165) is 0 Å².